The molecule has 0 radical (unpaired) electrons. The van der Waals surface area contributed by atoms with Crippen LogP contribution < -0.4 is 0 Å². The topological polar surface area (TPSA) is 4.93 Å². The van der Waals surface area contributed by atoms with Crippen LogP contribution in [-0.2, 0) is 6.54 Å². The second-order valence-corrected chi connectivity index (χ2v) is 3.62. The summed E-state index contributed by atoms with van der Waals surface area (Å²) in [5, 5.41) is 0. The zero-order chi connectivity index (χ0) is 6.53. The minimum atomic E-state index is 0.470. The van der Waals surface area contributed by atoms with Gasteiger partial charge in [-0.3, -0.25) is 0 Å². The van der Waals surface area contributed by atoms with Crippen molar-refractivity contribution in [3.05, 3.63) is 17.9 Å². The number of hydrogen-bond acceptors (Lipinski definition) is 0. The van der Waals surface area contributed by atoms with E-state index in [1.807, 2.05) is 0 Å². The minimum Gasteiger partial charge on any atom is -0.386 e. The molecule has 1 nitrogen and oxygen atoms in total. The Balaban J connectivity index is 2.30. The lowest BCUT2D eigenvalue weighted by Crippen LogP contribution is -1.97. The smallest absolute Gasteiger partial charge is 0.111 e. The largest absolute Gasteiger partial charge is 0.386 e. The van der Waals surface area contributed by atoms with Crippen LogP contribution in [0.4, 0.5) is 0 Å². The van der Waals surface area contributed by atoms with Gasteiger partial charge in [0.1, 0.15) is 9.29 Å². The van der Waals surface area contributed by atoms with Crippen LogP contribution in [0.2, 0.25) is 0 Å². The predicted molar refractivity (Wildman–Crippen MR) is 42.1 cm³/mol. The quantitative estimate of drug-likeness (QED) is 0.557. The maximum Gasteiger partial charge on any atom is 0.111 e. The summed E-state index contributed by atoms with van der Waals surface area (Å²) in [6.45, 7) is 3.50. The van der Waals surface area contributed by atoms with Crippen molar-refractivity contribution in [1.29, 1.82) is 0 Å². The Kier molecular flexibility index (Phi) is 2.71. The predicted octanol–water partition coefficient (Wildman–Crippen LogP) is 1.36. The van der Waals surface area contributed by atoms with Crippen molar-refractivity contribution in [1.82, 2.24) is 4.22 Å². The van der Waals surface area contributed by atoms with Gasteiger partial charge in [-0.15, -0.1) is 0 Å². The standard InChI is InChI=1S/C7H13NSi/c1-2-3-5-8-6-4-7-9-8/h4,6-7,9H,2-3,5H2,1H3. The van der Waals surface area contributed by atoms with Crippen molar-refractivity contribution in [2.45, 2.75) is 26.3 Å². The molecule has 0 amide bonds. The number of nitrogens with zero attached hydrogens (tertiary/aromatic N) is 1. The third-order valence-electron chi connectivity index (χ3n) is 1.44. The zero-order valence-corrected chi connectivity index (χ0v) is 7.03. The number of rotatable bonds is 3. The van der Waals surface area contributed by atoms with Crippen LogP contribution in [0.25, 0.3) is 0 Å². The van der Waals surface area contributed by atoms with E-state index in [9.17, 15) is 0 Å². The summed E-state index contributed by atoms with van der Waals surface area (Å²) < 4.78 is 2.42. The summed E-state index contributed by atoms with van der Waals surface area (Å²) in [6.07, 6.45) is 4.85. The number of unbranched alkanes of at least 4 members (excludes halogenated alkanes) is 1. The fourth-order valence-corrected chi connectivity index (χ4v) is 1.81. The van der Waals surface area contributed by atoms with Crippen LogP contribution in [-0.4, -0.2) is 13.5 Å². The summed E-state index contributed by atoms with van der Waals surface area (Å²) >= 11 is 0. The van der Waals surface area contributed by atoms with E-state index < -0.39 is 0 Å². The van der Waals surface area contributed by atoms with Gasteiger partial charge in [0.2, 0.25) is 0 Å². The first-order valence-corrected chi connectivity index (χ1v) is 4.72. The molecule has 0 fully saturated rings. The fraction of sp³-hybridized carbons (Fsp3) is 0.571. The van der Waals surface area contributed by atoms with Crippen molar-refractivity contribution in [3.63, 3.8) is 0 Å². The molecule has 0 N–H and O–H groups in total. The Hall–Kier alpha value is -0.373. The summed E-state index contributed by atoms with van der Waals surface area (Å²) in [6, 6.07) is 2.16. The molecule has 0 unspecified atom stereocenters. The molecule has 0 bridgehead atoms. The molecular formula is C7H13NSi. The van der Waals surface area contributed by atoms with E-state index in [-0.39, 0.29) is 0 Å². The molecule has 0 aliphatic heterocycles. The minimum absolute atomic E-state index is 0.470. The molecule has 0 aliphatic rings. The van der Waals surface area contributed by atoms with E-state index in [0.717, 1.165) is 0 Å². The van der Waals surface area contributed by atoms with Gasteiger partial charge >= 0.3 is 0 Å². The molecule has 1 aromatic rings. The highest BCUT2D eigenvalue weighted by Gasteiger charge is 1.84. The van der Waals surface area contributed by atoms with E-state index in [0.29, 0.717) is 9.29 Å². The van der Waals surface area contributed by atoms with Gasteiger partial charge in [0.05, 0.1) is 0 Å². The van der Waals surface area contributed by atoms with Crippen LogP contribution in [0, 0.1) is 0 Å². The third kappa shape index (κ3) is 2.14. The monoisotopic (exact) mass is 139 g/mol. The molecule has 0 saturated heterocycles. The Labute approximate surface area is 58.5 Å². The molecule has 1 heterocycles. The average Bonchev–Trinajstić information content (AvgIpc) is 2.34. The molecule has 1 rings (SSSR count). The van der Waals surface area contributed by atoms with Gasteiger partial charge in [-0.1, -0.05) is 19.0 Å². The van der Waals surface area contributed by atoms with Crippen LogP contribution in [0.1, 0.15) is 19.8 Å². The lowest BCUT2D eigenvalue weighted by Gasteiger charge is -1.98. The maximum atomic E-state index is 2.42. The van der Waals surface area contributed by atoms with Crippen LogP contribution in [0.3, 0.4) is 0 Å². The highest BCUT2D eigenvalue weighted by atomic mass is 28.2. The first-order chi connectivity index (χ1) is 4.43. The lowest BCUT2D eigenvalue weighted by molar-refractivity contribution is 0.666. The Morgan fingerprint density at radius 2 is 2.44 bits per heavy atom. The zero-order valence-electron chi connectivity index (χ0n) is 5.88. The van der Waals surface area contributed by atoms with Gasteiger partial charge in [0, 0.05) is 6.54 Å². The first kappa shape index (κ1) is 6.74. The van der Waals surface area contributed by atoms with Crippen molar-refractivity contribution in [3.8, 4) is 0 Å². The molecule has 0 spiro atoms. The summed E-state index contributed by atoms with van der Waals surface area (Å²) in [7, 11) is 0.470. The maximum absolute atomic E-state index is 2.42. The van der Waals surface area contributed by atoms with E-state index in [1.165, 1.54) is 19.4 Å². The van der Waals surface area contributed by atoms with Crippen LogP contribution in [0.5, 0.6) is 0 Å². The van der Waals surface area contributed by atoms with Gasteiger partial charge in [0.15, 0.2) is 0 Å². The molecule has 1 aromatic heterocycles. The van der Waals surface area contributed by atoms with E-state index >= 15 is 0 Å². The molecule has 9 heavy (non-hydrogen) atoms. The molecule has 0 atom stereocenters. The third-order valence-corrected chi connectivity index (χ3v) is 2.64. The van der Waals surface area contributed by atoms with E-state index in [2.05, 4.69) is 29.1 Å². The fourth-order valence-electron chi connectivity index (χ4n) is 0.860. The Morgan fingerprint density at radius 1 is 1.56 bits per heavy atom. The van der Waals surface area contributed by atoms with Crippen LogP contribution >= 0.6 is 0 Å². The molecular weight excluding hydrogens is 126 g/mol. The van der Waals surface area contributed by atoms with Gasteiger partial charge in [-0.05, 0) is 18.7 Å². The van der Waals surface area contributed by atoms with Crippen LogP contribution in [0.15, 0.2) is 17.9 Å². The van der Waals surface area contributed by atoms with Gasteiger partial charge in [0.25, 0.3) is 0 Å². The van der Waals surface area contributed by atoms with Crippen molar-refractivity contribution < 1.29 is 0 Å². The molecule has 0 aromatic carbocycles. The van der Waals surface area contributed by atoms with Crippen molar-refractivity contribution in [2.24, 2.45) is 0 Å². The highest BCUT2D eigenvalue weighted by Crippen LogP contribution is 1.91. The van der Waals surface area contributed by atoms with Crippen molar-refractivity contribution in [2.75, 3.05) is 0 Å². The summed E-state index contributed by atoms with van der Waals surface area (Å²) in [4.78, 5) is 0. The molecule has 2 heteroatoms. The normalized spacial score (nSPS) is 9.89. The molecule has 50 valence electrons. The molecule has 0 aliphatic carbocycles. The van der Waals surface area contributed by atoms with Gasteiger partial charge in [-0.2, -0.15) is 0 Å². The van der Waals surface area contributed by atoms with Crippen molar-refractivity contribution >= 4 is 9.29 Å². The number of aromatic nitrogens is 1. The highest BCUT2D eigenvalue weighted by molar-refractivity contribution is 6.21. The van der Waals surface area contributed by atoms with Gasteiger partial charge in [-0.25, -0.2) is 0 Å². The van der Waals surface area contributed by atoms with E-state index in [1.54, 1.807) is 0 Å². The molecule has 0 saturated carbocycles. The second-order valence-electron chi connectivity index (χ2n) is 2.27. The van der Waals surface area contributed by atoms with E-state index in [4.69, 9.17) is 0 Å². The second kappa shape index (κ2) is 3.61. The Morgan fingerprint density at radius 3 is 3.00 bits per heavy atom. The number of aryl methyl sites for hydroxylation is 1. The van der Waals surface area contributed by atoms with Gasteiger partial charge < -0.3 is 4.22 Å². The lowest BCUT2D eigenvalue weighted by atomic mass is 10.3. The first-order valence-electron chi connectivity index (χ1n) is 3.54. The Bertz CT molecular complexity index is 146. The SMILES string of the molecule is CCCCn1ccc[siH]1. The average molecular weight is 139 g/mol. The summed E-state index contributed by atoms with van der Waals surface area (Å²) in [5.41, 5.74) is 2.27. The summed E-state index contributed by atoms with van der Waals surface area (Å²) in [5.74, 6) is 0. The number of hydrogen-bond donors (Lipinski definition) is 0.